The van der Waals surface area contributed by atoms with Crippen LogP contribution in [-0.2, 0) is 9.59 Å². The molecule has 0 aliphatic carbocycles. The number of hydrogen-bond acceptors (Lipinski definition) is 4. The van der Waals surface area contributed by atoms with Crippen molar-refractivity contribution >= 4 is 40.8 Å². The summed E-state index contributed by atoms with van der Waals surface area (Å²) < 4.78 is 0. The summed E-state index contributed by atoms with van der Waals surface area (Å²) in [5.41, 5.74) is 0.570. The fourth-order valence-electron chi connectivity index (χ4n) is 2.76. The molecule has 1 heterocycles. The van der Waals surface area contributed by atoms with Gasteiger partial charge in [-0.2, -0.15) is 0 Å². The molecule has 3 N–H and O–H groups in total. The van der Waals surface area contributed by atoms with Gasteiger partial charge in [0.15, 0.2) is 0 Å². The molecule has 2 aromatic carbocycles. The largest absolute Gasteiger partial charge is 0.506 e. The van der Waals surface area contributed by atoms with Gasteiger partial charge in [-0.1, -0.05) is 11.6 Å². The van der Waals surface area contributed by atoms with Gasteiger partial charge in [-0.15, -0.1) is 0 Å². The van der Waals surface area contributed by atoms with Gasteiger partial charge in [-0.25, -0.2) is 4.79 Å². The van der Waals surface area contributed by atoms with Crippen LogP contribution in [0.2, 0.25) is 5.02 Å². The molecule has 0 aromatic heterocycles. The predicted octanol–water partition coefficient (Wildman–Crippen LogP) is 2.74. The Bertz CT molecular complexity index is 882. The van der Waals surface area contributed by atoms with Gasteiger partial charge in [0.25, 0.3) is 0 Å². The number of hydrogen-bond donors (Lipinski definition) is 3. The molecule has 1 aliphatic heterocycles. The third-order valence-corrected chi connectivity index (χ3v) is 4.39. The molecule has 8 heteroatoms. The maximum atomic E-state index is 12.5. The zero-order valence-corrected chi connectivity index (χ0v) is 14.2. The van der Waals surface area contributed by atoms with Crippen molar-refractivity contribution in [3.05, 3.63) is 53.1 Å². The van der Waals surface area contributed by atoms with Gasteiger partial charge in [0.1, 0.15) is 5.75 Å². The topological polar surface area (TPSA) is 107 Å². The van der Waals surface area contributed by atoms with Gasteiger partial charge in [0.2, 0.25) is 11.8 Å². The van der Waals surface area contributed by atoms with E-state index in [1.807, 2.05) is 0 Å². The van der Waals surface area contributed by atoms with Crippen LogP contribution >= 0.6 is 11.6 Å². The lowest BCUT2D eigenvalue weighted by atomic mass is 10.1. The van der Waals surface area contributed by atoms with Crippen LogP contribution in [0.25, 0.3) is 0 Å². The van der Waals surface area contributed by atoms with Crippen molar-refractivity contribution in [1.29, 1.82) is 0 Å². The number of carboxylic acid groups (broad SMARTS) is 1. The zero-order valence-electron chi connectivity index (χ0n) is 13.5. The number of nitrogens with zero attached hydrogens (tertiary/aromatic N) is 1. The summed E-state index contributed by atoms with van der Waals surface area (Å²) in [6.45, 7) is 0.186. The highest BCUT2D eigenvalue weighted by atomic mass is 35.5. The van der Waals surface area contributed by atoms with E-state index in [1.54, 1.807) is 24.3 Å². The molecule has 134 valence electrons. The summed E-state index contributed by atoms with van der Waals surface area (Å²) in [5, 5.41) is 21.9. The number of benzene rings is 2. The Hall–Kier alpha value is -3.06. The average molecular weight is 375 g/mol. The van der Waals surface area contributed by atoms with E-state index >= 15 is 0 Å². The first kappa shape index (κ1) is 17.8. The first-order valence-corrected chi connectivity index (χ1v) is 8.16. The second kappa shape index (κ2) is 7.05. The molecule has 1 aliphatic rings. The first-order valence-electron chi connectivity index (χ1n) is 7.78. The number of halogens is 1. The second-order valence-corrected chi connectivity index (χ2v) is 6.34. The maximum Gasteiger partial charge on any atom is 0.335 e. The Morgan fingerprint density at radius 1 is 1.15 bits per heavy atom. The van der Waals surface area contributed by atoms with Crippen molar-refractivity contribution in [2.45, 2.75) is 6.42 Å². The van der Waals surface area contributed by atoms with Crippen molar-refractivity contribution in [3.63, 3.8) is 0 Å². The van der Waals surface area contributed by atoms with Crippen LogP contribution in [-0.4, -0.2) is 34.5 Å². The minimum Gasteiger partial charge on any atom is -0.506 e. The minimum absolute atomic E-state index is 0.00714. The number of aromatic hydroxyl groups is 1. The fraction of sp³-hybridized carbons (Fsp3) is 0.167. The Balaban J connectivity index is 1.73. The number of anilines is 2. The molecular weight excluding hydrogens is 360 g/mol. The molecule has 3 rings (SSSR count). The van der Waals surface area contributed by atoms with Crippen molar-refractivity contribution in [2.24, 2.45) is 5.92 Å². The molecule has 7 nitrogen and oxygen atoms in total. The van der Waals surface area contributed by atoms with E-state index in [2.05, 4.69) is 5.32 Å². The van der Waals surface area contributed by atoms with E-state index in [9.17, 15) is 19.5 Å². The van der Waals surface area contributed by atoms with Crippen LogP contribution in [0.1, 0.15) is 16.8 Å². The first-order chi connectivity index (χ1) is 12.3. The molecule has 2 amide bonds. The summed E-state index contributed by atoms with van der Waals surface area (Å²) in [7, 11) is 0. The molecule has 1 unspecified atom stereocenters. The van der Waals surface area contributed by atoms with Crippen LogP contribution in [0, 0.1) is 5.92 Å². The van der Waals surface area contributed by atoms with Crippen LogP contribution < -0.4 is 10.2 Å². The molecule has 0 spiro atoms. The predicted molar refractivity (Wildman–Crippen MR) is 95.6 cm³/mol. The molecular formula is C18H15ClN2O5. The Morgan fingerprint density at radius 2 is 1.85 bits per heavy atom. The van der Waals surface area contributed by atoms with E-state index < -0.39 is 17.8 Å². The van der Waals surface area contributed by atoms with Crippen LogP contribution in [0.4, 0.5) is 11.4 Å². The van der Waals surface area contributed by atoms with Gasteiger partial charge in [-0.05, 0) is 42.5 Å². The van der Waals surface area contributed by atoms with E-state index in [0.29, 0.717) is 10.7 Å². The SMILES string of the molecule is O=C(O)c1ccc(O)c(NC(=O)C2CC(=O)N(c3ccc(Cl)cc3)C2)c1. The third kappa shape index (κ3) is 3.62. The lowest BCUT2D eigenvalue weighted by Crippen LogP contribution is -2.28. The van der Waals surface area contributed by atoms with Crippen molar-refractivity contribution < 1.29 is 24.6 Å². The number of carboxylic acids is 1. The summed E-state index contributed by atoms with van der Waals surface area (Å²) in [4.78, 5) is 37.2. The molecule has 1 saturated heterocycles. The Morgan fingerprint density at radius 3 is 2.50 bits per heavy atom. The van der Waals surface area contributed by atoms with E-state index in [4.69, 9.17) is 16.7 Å². The number of carbonyl (C=O) groups excluding carboxylic acids is 2. The minimum atomic E-state index is -1.18. The lowest BCUT2D eigenvalue weighted by Gasteiger charge is -2.17. The van der Waals surface area contributed by atoms with Gasteiger partial charge >= 0.3 is 5.97 Å². The number of amides is 2. The van der Waals surface area contributed by atoms with Gasteiger partial charge in [0.05, 0.1) is 17.2 Å². The van der Waals surface area contributed by atoms with E-state index in [0.717, 1.165) is 0 Å². The Labute approximate surface area is 153 Å². The molecule has 0 saturated carbocycles. The van der Waals surface area contributed by atoms with Crippen molar-refractivity contribution in [3.8, 4) is 5.75 Å². The van der Waals surface area contributed by atoms with Gasteiger partial charge in [-0.3, -0.25) is 9.59 Å². The number of phenolic OH excluding ortho intramolecular Hbond substituents is 1. The Kier molecular flexibility index (Phi) is 4.81. The number of aromatic carboxylic acids is 1. The fourth-order valence-corrected chi connectivity index (χ4v) is 2.88. The van der Waals surface area contributed by atoms with Crippen LogP contribution in [0.3, 0.4) is 0 Å². The maximum absolute atomic E-state index is 12.5. The number of phenols is 1. The van der Waals surface area contributed by atoms with E-state index in [1.165, 1.54) is 23.1 Å². The van der Waals surface area contributed by atoms with Gasteiger partial charge in [0, 0.05) is 23.7 Å². The summed E-state index contributed by atoms with van der Waals surface area (Å²) >= 11 is 5.84. The highest BCUT2D eigenvalue weighted by Gasteiger charge is 2.35. The molecule has 1 fully saturated rings. The number of rotatable bonds is 4. The normalized spacial score (nSPS) is 16.6. The van der Waals surface area contributed by atoms with Crippen molar-refractivity contribution in [1.82, 2.24) is 0 Å². The molecule has 1 atom stereocenters. The van der Waals surface area contributed by atoms with E-state index in [-0.39, 0.29) is 35.9 Å². The highest BCUT2D eigenvalue weighted by molar-refractivity contribution is 6.30. The number of nitrogens with one attached hydrogen (secondary N) is 1. The standard InChI is InChI=1S/C18H15ClN2O5/c19-12-2-4-13(5-3-12)21-9-11(8-16(21)23)17(24)20-14-7-10(18(25)26)1-6-15(14)22/h1-7,11,22H,8-9H2,(H,20,24)(H,25,26). The quantitative estimate of drug-likeness (QED) is 0.713. The van der Waals surface area contributed by atoms with Gasteiger partial charge < -0.3 is 20.4 Å². The van der Waals surface area contributed by atoms with Crippen LogP contribution in [0.5, 0.6) is 5.75 Å². The highest BCUT2D eigenvalue weighted by Crippen LogP contribution is 2.29. The van der Waals surface area contributed by atoms with Crippen LogP contribution in [0.15, 0.2) is 42.5 Å². The zero-order chi connectivity index (χ0) is 18.8. The summed E-state index contributed by atoms with van der Waals surface area (Å²) in [6, 6.07) is 10.3. The summed E-state index contributed by atoms with van der Waals surface area (Å²) in [5.74, 6) is -2.71. The molecule has 26 heavy (non-hydrogen) atoms. The lowest BCUT2D eigenvalue weighted by molar-refractivity contribution is -0.122. The second-order valence-electron chi connectivity index (χ2n) is 5.91. The third-order valence-electron chi connectivity index (χ3n) is 4.14. The molecule has 2 aromatic rings. The summed E-state index contributed by atoms with van der Waals surface area (Å²) in [6.07, 6.45) is 0.0217. The molecule has 0 bridgehead atoms. The molecule has 0 radical (unpaired) electrons. The monoisotopic (exact) mass is 374 g/mol. The van der Waals surface area contributed by atoms with Crippen molar-refractivity contribution in [2.75, 3.05) is 16.8 Å². The number of carbonyl (C=O) groups is 3. The average Bonchev–Trinajstić information content (AvgIpc) is 2.99. The smallest absolute Gasteiger partial charge is 0.335 e.